The average Bonchev–Trinajstić information content (AvgIpc) is 2.06. The van der Waals surface area contributed by atoms with Crippen LogP contribution in [0.25, 0.3) is 0 Å². The van der Waals surface area contributed by atoms with Crippen LogP contribution in [0.4, 0.5) is 5.69 Å². The number of hydrogen-bond acceptors (Lipinski definition) is 2. The molecule has 0 spiro atoms. The zero-order valence-corrected chi connectivity index (χ0v) is 6.66. The molecule has 0 radical (unpaired) electrons. The van der Waals surface area contributed by atoms with Gasteiger partial charge in [0, 0.05) is 6.20 Å². The smallest absolute Gasteiger partial charge is 0.300 e. The van der Waals surface area contributed by atoms with Crippen LogP contribution in [-0.2, 0) is 4.79 Å². The van der Waals surface area contributed by atoms with Crippen molar-refractivity contribution in [2.45, 2.75) is 6.92 Å². The second-order valence-electron chi connectivity index (χ2n) is 2.07. The van der Waals surface area contributed by atoms with Crippen LogP contribution in [-0.4, -0.2) is 10.9 Å². The van der Waals surface area contributed by atoms with Crippen LogP contribution < -0.4 is 5.32 Å². The van der Waals surface area contributed by atoms with Gasteiger partial charge >= 0.3 is 0 Å². The Balaban J connectivity index is 2.63. The molecule has 1 amide bonds. The molecule has 0 aromatic carbocycles. The third-order valence-corrected chi connectivity index (χ3v) is 1.16. The Morgan fingerprint density at radius 2 is 2.50 bits per heavy atom. The maximum absolute atomic E-state index is 10.9. The Bertz CT molecular complexity index is 321. The van der Waals surface area contributed by atoms with E-state index in [9.17, 15) is 4.79 Å². The van der Waals surface area contributed by atoms with Gasteiger partial charge in [-0.15, -0.1) is 0 Å². The third kappa shape index (κ3) is 2.43. The predicted molar refractivity (Wildman–Crippen MR) is 46.3 cm³/mol. The van der Waals surface area contributed by atoms with E-state index in [-0.39, 0.29) is 5.91 Å². The second-order valence-corrected chi connectivity index (χ2v) is 2.07. The van der Waals surface area contributed by atoms with E-state index in [1.807, 2.05) is 0 Å². The minimum atomic E-state index is -0.314. The highest BCUT2D eigenvalue weighted by Crippen LogP contribution is 2.01. The van der Waals surface area contributed by atoms with E-state index in [0.29, 0.717) is 5.69 Å². The first-order valence-electron chi connectivity index (χ1n) is 3.46. The Labute approximate surface area is 70.8 Å². The zero-order chi connectivity index (χ0) is 8.81. The molecule has 0 atom stereocenters. The van der Waals surface area contributed by atoms with E-state index in [1.165, 1.54) is 0 Å². The van der Waals surface area contributed by atoms with Crippen LogP contribution in [0.5, 0.6) is 0 Å². The normalized spacial score (nSPS) is 8.08. The van der Waals surface area contributed by atoms with Crippen molar-refractivity contribution in [3.63, 3.8) is 0 Å². The van der Waals surface area contributed by atoms with Gasteiger partial charge in [0.05, 0.1) is 11.9 Å². The summed E-state index contributed by atoms with van der Waals surface area (Å²) in [6, 6.07) is 3.50. The number of anilines is 1. The molecule has 3 heteroatoms. The van der Waals surface area contributed by atoms with Crippen LogP contribution in [0, 0.1) is 11.8 Å². The Morgan fingerprint density at radius 3 is 3.08 bits per heavy atom. The molecule has 0 fully saturated rings. The number of nitrogens with one attached hydrogen (secondary N) is 1. The maximum atomic E-state index is 10.9. The lowest BCUT2D eigenvalue weighted by Gasteiger charge is -1.97. The number of aromatic nitrogens is 1. The molecular formula is C9H8N2O. The van der Waals surface area contributed by atoms with Gasteiger partial charge in [-0.3, -0.25) is 9.78 Å². The number of carbonyl (C=O) groups excluding carboxylic acids is 1. The number of amides is 1. The summed E-state index contributed by atoms with van der Waals surface area (Å²) in [6.07, 6.45) is 3.20. The molecule has 0 unspecified atom stereocenters. The van der Waals surface area contributed by atoms with Crippen LogP contribution in [0.1, 0.15) is 6.92 Å². The Kier molecular flexibility index (Phi) is 2.86. The molecule has 1 rings (SSSR count). The van der Waals surface area contributed by atoms with Crippen molar-refractivity contribution in [1.29, 1.82) is 0 Å². The quantitative estimate of drug-likeness (QED) is 0.624. The summed E-state index contributed by atoms with van der Waals surface area (Å²) in [5, 5.41) is 2.57. The average molecular weight is 160 g/mol. The van der Waals surface area contributed by atoms with Crippen molar-refractivity contribution in [2.75, 3.05) is 5.32 Å². The fourth-order valence-electron chi connectivity index (χ4n) is 0.713. The first kappa shape index (κ1) is 8.28. The van der Waals surface area contributed by atoms with Gasteiger partial charge in [0.25, 0.3) is 5.91 Å². The summed E-state index contributed by atoms with van der Waals surface area (Å²) < 4.78 is 0. The summed E-state index contributed by atoms with van der Waals surface area (Å²) in [4.78, 5) is 14.7. The Morgan fingerprint density at radius 1 is 1.67 bits per heavy atom. The molecule has 1 heterocycles. The highest BCUT2D eigenvalue weighted by atomic mass is 16.1. The van der Waals surface area contributed by atoms with E-state index >= 15 is 0 Å². The highest BCUT2D eigenvalue weighted by molar-refractivity contribution is 6.03. The molecular weight excluding hydrogens is 152 g/mol. The van der Waals surface area contributed by atoms with E-state index in [2.05, 4.69) is 22.1 Å². The van der Waals surface area contributed by atoms with Gasteiger partial charge in [0.2, 0.25) is 0 Å². The molecule has 0 bridgehead atoms. The van der Waals surface area contributed by atoms with Crippen molar-refractivity contribution in [1.82, 2.24) is 4.98 Å². The predicted octanol–water partition coefficient (Wildman–Crippen LogP) is 1.04. The van der Waals surface area contributed by atoms with Gasteiger partial charge in [0.1, 0.15) is 0 Å². The minimum absolute atomic E-state index is 0.314. The maximum Gasteiger partial charge on any atom is 0.300 e. The molecule has 0 aliphatic heterocycles. The van der Waals surface area contributed by atoms with Crippen molar-refractivity contribution >= 4 is 11.6 Å². The van der Waals surface area contributed by atoms with Crippen LogP contribution in [0.15, 0.2) is 24.5 Å². The standard InChI is InChI=1S/C9H8N2O/c1-2-4-9(12)11-8-5-3-6-10-7-8/h3,5-7H,1H3,(H,11,12). The first-order valence-corrected chi connectivity index (χ1v) is 3.46. The van der Waals surface area contributed by atoms with Gasteiger partial charge in [0.15, 0.2) is 0 Å². The SMILES string of the molecule is CC#CC(=O)Nc1cccnc1. The monoisotopic (exact) mass is 160 g/mol. The van der Waals surface area contributed by atoms with E-state index < -0.39 is 0 Å². The number of carbonyl (C=O) groups is 1. The van der Waals surface area contributed by atoms with Crippen molar-refractivity contribution in [3.05, 3.63) is 24.5 Å². The van der Waals surface area contributed by atoms with Crippen molar-refractivity contribution < 1.29 is 4.79 Å². The molecule has 60 valence electrons. The molecule has 12 heavy (non-hydrogen) atoms. The fourth-order valence-corrected chi connectivity index (χ4v) is 0.713. The topological polar surface area (TPSA) is 42.0 Å². The molecule has 0 saturated heterocycles. The zero-order valence-electron chi connectivity index (χ0n) is 6.66. The summed E-state index contributed by atoms with van der Waals surface area (Å²) in [7, 11) is 0. The van der Waals surface area contributed by atoms with E-state index in [0.717, 1.165) is 0 Å². The number of rotatable bonds is 1. The molecule has 1 aromatic heterocycles. The summed E-state index contributed by atoms with van der Waals surface area (Å²) in [6.45, 7) is 1.61. The lowest BCUT2D eigenvalue weighted by molar-refractivity contribution is -0.111. The largest absolute Gasteiger partial charge is 0.314 e. The Hall–Kier alpha value is -1.82. The van der Waals surface area contributed by atoms with Gasteiger partial charge < -0.3 is 5.32 Å². The van der Waals surface area contributed by atoms with Crippen molar-refractivity contribution in [2.24, 2.45) is 0 Å². The van der Waals surface area contributed by atoms with Gasteiger partial charge in [-0.1, -0.05) is 5.92 Å². The van der Waals surface area contributed by atoms with Crippen LogP contribution >= 0.6 is 0 Å². The van der Waals surface area contributed by atoms with Gasteiger partial charge in [-0.25, -0.2) is 0 Å². The van der Waals surface area contributed by atoms with Crippen LogP contribution in [0.2, 0.25) is 0 Å². The minimum Gasteiger partial charge on any atom is -0.314 e. The third-order valence-electron chi connectivity index (χ3n) is 1.16. The van der Waals surface area contributed by atoms with E-state index in [4.69, 9.17) is 0 Å². The number of pyridine rings is 1. The lowest BCUT2D eigenvalue weighted by Crippen LogP contribution is -2.08. The molecule has 1 N–H and O–H groups in total. The van der Waals surface area contributed by atoms with Gasteiger partial charge in [-0.2, -0.15) is 0 Å². The molecule has 1 aromatic rings. The second kappa shape index (κ2) is 4.14. The summed E-state index contributed by atoms with van der Waals surface area (Å²) >= 11 is 0. The van der Waals surface area contributed by atoms with Crippen LogP contribution in [0.3, 0.4) is 0 Å². The van der Waals surface area contributed by atoms with Gasteiger partial charge in [-0.05, 0) is 25.0 Å². The summed E-state index contributed by atoms with van der Waals surface area (Å²) in [5.41, 5.74) is 0.658. The molecule has 0 aliphatic rings. The molecule has 0 aliphatic carbocycles. The summed E-state index contributed by atoms with van der Waals surface area (Å²) in [5.74, 6) is 4.56. The molecule has 3 nitrogen and oxygen atoms in total. The number of nitrogens with zero attached hydrogens (tertiary/aromatic N) is 1. The van der Waals surface area contributed by atoms with Crippen molar-refractivity contribution in [3.8, 4) is 11.8 Å². The first-order chi connectivity index (χ1) is 5.83. The fraction of sp³-hybridized carbons (Fsp3) is 0.111. The molecule has 0 saturated carbocycles. The lowest BCUT2D eigenvalue weighted by atomic mass is 10.4. The number of hydrogen-bond donors (Lipinski definition) is 1. The highest BCUT2D eigenvalue weighted by Gasteiger charge is 1.94. The van der Waals surface area contributed by atoms with E-state index in [1.54, 1.807) is 31.5 Å².